The average molecular weight is 391 g/mol. The lowest BCUT2D eigenvalue weighted by Crippen LogP contribution is -2.37. The van der Waals surface area contributed by atoms with Crippen molar-refractivity contribution in [3.05, 3.63) is 59.2 Å². The Morgan fingerprint density at radius 2 is 1.72 bits per heavy atom. The summed E-state index contributed by atoms with van der Waals surface area (Å²) >= 11 is 0. The van der Waals surface area contributed by atoms with E-state index in [1.165, 1.54) is 0 Å². The van der Waals surface area contributed by atoms with Crippen molar-refractivity contribution in [2.24, 2.45) is 0 Å². The van der Waals surface area contributed by atoms with Gasteiger partial charge in [0.2, 0.25) is 11.8 Å². The van der Waals surface area contributed by atoms with Crippen LogP contribution in [0.15, 0.2) is 42.5 Å². The molecule has 1 N–H and O–H groups in total. The first-order valence-electron chi connectivity index (χ1n) is 9.68. The van der Waals surface area contributed by atoms with Crippen molar-refractivity contribution in [1.82, 2.24) is 4.90 Å². The monoisotopic (exact) mass is 391 g/mol. The van der Waals surface area contributed by atoms with E-state index in [4.69, 9.17) is 0 Å². The van der Waals surface area contributed by atoms with Gasteiger partial charge in [-0.25, -0.2) is 0 Å². The Labute approximate surface area is 168 Å². The normalized spacial score (nSPS) is 15.2. The highest BCUT2D eigenvalue weighted by Crippen LogP contribution is 2.30. The SMILES string of the molecule is CCC(=O)N1CCCc2ccc(NC(=O)CN3C(=O)c4ccccc4C3=O)cc21. The molecule has 0 aromatic heterocycles. The fourth-order valence-corrected chi connectivity index (χ4v) is 3.83. The third-order valence-electron chi connectivity index (χ3n) is 5.27. The molecule has 2 aromatic rings. The minimum Gasteiger partial charge on any atom is -0.324 e. The highest BCUT2D eigenvalue weighted by Gasteiger charge is 2.36. The molecule has 2 aliphatic heterocycles. The van der Waals surface area contributed by atoms with Crippen molar-refractivity contribution in [3.8, 4) is 0 Å². The fourth-order valence-electron chi connectivity index (χ4n) is 3.83. The number of rotatable bonds is 4. The highest BCUT2D eigenvalue weighted by molar-refractivity contribution is 6.22. The molecular formula is C22H21N3O4. The van der Waals surface area contributed by atoms with Crippen molar-refractivity contribution in [1.29, 1.82) is 0 Å². The Hall–Kier alpha value is -3.48. The molecule has 7 heteroatoms. The molecule has 0 bridgehead atoms. The maximum absolute atomic E-state index is 12.5. The van der Waals surface area contributed by atoms with E-state index in [1.807, 2.05) is 13.0 Å². The van der Waals surface area contributed by atoms with Gasteiger partial charge in [0.05, 0.1) is 11.1 Å². The van der Waals surface area contributed by atoms with Gasteiger partial charge in [0, 0.05) is 24.3 Å². The van der Waals surface area contributed by atoms with Crippen LogP contribution in [-0.2, 0) is 16.0 Å². The van der Waals surface area contributed by atoms with Crippen LogP contribution in [0.5, 0.6) is 0 Å². The van der Waals surface area contributed by atoms with E-state index in [9.17, 15) is 19.2 Å². The predicted molar refractivity (Wildman–Crippen MR) is 108 cm³/mol. The Morgan fingerprint density at radius 1 is 1.03 bits per heavy atom. The van der Waals surface area contributed by atoms with E-state index in [0.717, 1.165) is 29.0 Å². The summed E-state index contributed by atoms with van der Waals surface area (Å²) in [6.45, 7) is 2.12. The van der Waals surface area contributed by atoms with Crippen molar-refractivity contribution < 1.29 is 19.2 Å². The summed E-state index contributed by atoms with van der Waals surface area (Å²) in [5.41, 5.74) is 3.03. The highest BCUT2D eigenvalue weighted by atomic mass is 16.2. The third-order valence-corrected chi connectivity index (χ3v) is 5.27. The second kappa shape index (κ2) is 7.50. The van der Waals surface area contributed by atoms with Crippen LogP contribution in [0, 0.1) is 0 Å². The second-order valence-electron chi connectivity index (χ2n) is 7.14. The summed E-state index contributed by atoms with van der Waals surface area (Å²) in [6.07, 6.45) is 2.20. The minimum absolute atomic E-state index is 0.0421. The van der Waals surface area contributed by atoms with E-state index in [-0.39, 0.29) is 12.5 Å². The fraction of sp³-hybridized carbons (Fsp3) is 0.273. The molecule has 4 amide bonds. The molecule has 4 rings (SSSR count). The van der Waals surface area contributed by atoms with Gasteiger partial charge in [0.1, 0.15) is 6.54 Å². The zero-order chi connectivity index (χ0) is 20.5. The zero-order valence-electron chi connectivity index (χ0n) is 16.1. The van der Waals surface area contributed by atoms with Crippen LogP contribution in [0.1, 0.15) is 46.0 Å². The predicted octanol–water partition coefficient (Wildman–Crippen LogP) is 2.61. The Balaban J connectivity index is 1.49. The molecule has 0 atom stereocenters. The summed E-state index contributed by atoms with van der Waals surface area (Å²) in [5.74, 6) is -1.36. The van der Waals surface area contributed by atoms with Gasteiger partial charge in [-0.2, -0.15) is 0 Å². The zero-order valence-corrected chi connectivity index (χ0v) is 16.1. The van der Waals surface area contributed by atoms with Crippen LogP contribution >= 0.6 is 0 Å². The molecule has 148 valence electrons. The Kier molecular flexibility index (Phi) is 4.88. The van der Waals surface area contributed by atoms with E-state index in [1.54, 1.807) is 41.3 Å². The second-order valence-corrected chi connectivity index (χ2v) is 7.14. The topological polar surface area (TPSA) is 86.8 Å². The van der Waals surface area contributed by atoms with Crippen molar-refractivity contribution in [3.63, 3.8) is 0 Å². The maximum atomic E-state index is 12.5. The maximum Gasteiger partial charge on any atom is 0.262 e. The number of hydrogen-bond acceptors (Lipinski definition) is 4. The van der Waals surface area contributed by atoms with Crippen LogP contribution in [0.3, 0.4) is 0 Å². The van der Waals surface area contributed by atoms with E-state index >= 15 is 0 Å². The lowest BCUT2D eigenvalue weighted by molar-refractivity contribution is -0.118. The van der Waals surface area contributed by atoms with Crippen LogP contribution in [0.2, 0.25) is 0 Å². The quantitative estimate of drug-likeness (QED) is 0.812. The number of anilines is 2. The first-order valence-corrected chi connectivity index (χ1v) is 9.68. The largest absolute Gasteiger partial charge is 0.324 e. The number of nitrogens with one attached hydrogen (secondary N) is 1. The lowest BCUT2D eigenvalue weighted by atomic mass is 10.0. The number of amides is 4. The lowest BCUT2D eigenvalue weighted by Gasteiger charge is -2.30. The summed E-state index contributed by atoms with van der Waals surface area (Å²) in [7, 11) is 0. The van der Waals surface area contributed by atoms with E-state index < -0.39 is 17.7 Å². The molecule has 0 saturated heterocycles. The third kappa shape index (κ3) is 3.40. The van der Waals surface area contributed by atoms with Crippen LogP contribution in [0.4, 0.5) is 11.4 Å². The van der Waals surface area contributed by atoms with Gasteiger partial charge in [-0.1, -0.05) is 25.1 Å². The van der Waals surface area contributed by atoms with E-state index in [2.05, 4.69) is 5.32 Å². The molecule has 7 nitrogen and oxygen atoms in total. The molecule has 0 radical (unpaired) electrons. The average Bonchev–Trinajstić information content (AvgIpc) is 2.98. The first-order chi connectivity index (χ1) is 14.0. The standard InChI is InChI=1S/C22H21N3O4/c1-2-20(27)24-11-5-6-14-9-10-15(12-18(14)24)23-19(26)13-25-21(28)16-7-3-4-8-17(16)22(25)29/h3-4,7-10,12H,2,5-6,11,13H2,1H3,(H,23,26). The van der Waals surface area contributed by atoms with Crippen LogP contribution in [-0.4, -0.2) is 41.6 Å². The van der Waals surface area contributed by atoms with E-state index in [0.29, 0.717) is 29.8 Å². The van der Waals surface area contributed by atoms with Gasteiger partial charge in [0.15, 0.2) is 0 Å². The number of hydrogen-bond donors (Lipinski definition) is 1. The summed E-state index contributed by atoms with van der Waals surface area (Å²) < 4.78 is 0. The summed E-state index contributed by atoms with van der Waals surface area (Å²) in [6, 6.07) is 12.0. The smallest absolute Gasteiger partial charge is 0.262 e. The van der Waals surface area contributed by atoms with Crippen molar-refractivity contribution in [2.75, 3.05) is 23.3 Å². The van der Waals surface area contributed by atoms with Gasteiger partial charge in [-0.15, -0.1) is 0 Å². The number of fused-ring (bicyclic) bond motifs is 2. The van der Waals surface area contributed by atoms with Crippen molar-refractivity contribution in [2.45, 2.75) is 26.2 Å². The number of carbonyl (C=O) groups excluding carboxylic acids is 4. The molecule has 2 aliphatic rings. The molecule has 2 aromatic carbocycles. The van der Waals surface area contributed by atoms with Crippen LogP contribution in [0.25, 0.3) is 0 Å². The molecular weight excluding hydrogens is 370 g/mol. The van der Waals surface area contributed by atoms with Gasteiger partial charge >= 0.3 is 0 Å². The summed E-state index contributed by atoms with van der Waals surface area (Å²) in [5, 5.41) is 2.74. The number of nitrogens with zero attached hydrogens (tertiary/aromatic N) is 2. The molecule has 0 unspecified atom stereocenters. The van der Waals surface area contributed by atoms with Gasteiger partial charge < -0.3 is 10.2 Å². The minimum atomic E-state index is -0.469. The Morgan fingerprint density at radius 3 is 2.38 bits per heavy atom. The Bertz CT molecular complexity index is 995. The van der Waals surface area contributed by atoms with Gasteiger partial charge in [-0.3, -0.25) is 24.1 Å². The summed E-state index contributed by atoms with van der Waals surface area (Å²) in [4.78, 5) is 52.3. The number of aryl methyl sites for hydroxylation is 1. The number of imide groups is 1. The van der Waals surface area contributed by atoms with Crippen LogP contribution < -0.4 is 10.2 Å². The molecule has 0 saturated carbocycles. The number of benzene rings is 2. The first kappa shape index (κ1) is 18.9. The molecule has 29 heavy (non-hydrogen) atoms. The number of carbonyl (C=O) groups is 4. The molecule has 0 spiro atoms. The molecule has 0 aliphatic carbocycles. The molecule has 2 heterocycles. The van der Waals surface area contributed by atoms with Gasteiger partial charge in [-0.05, 0) is 42.7 Å². The van der Waals surface area contributed by atoms with Gasteiger partial charge in [0.25, 0.3) is 11.8 Å². The van der Waals surface area contributed by atoms with Crippen molar-refractivity contribution >= 4 is 35.0 Å². The molecule has 0 fully saturated rings.